The van der Waals surface area contributed by atoms with E-state index in [1.807, 2.05) is 13.1 Å². The van der Waals surface area contributed by atoms with Crippen LogP contribution in [0.1, 0.15) is 18.2 Å². The fraction of sp³-hybridized carbons (Fsp3) is 0.375. The Bertz CT molecular complexity index is 235. The van der Waals surface area contributed by atoms with Crippen LogP contribution in [0.3, 0.4) is 0 Å². The van der Waals surface area contributed by atoms with Crippen LogP contribution in [0.4, 0.5) is 0 Å². The van der Waals surface area contributed by atoms with Gasteiger partial charge in [0.25, 0.3) is 0 Å². The van der Waals surface area contributed by atoms with Gasteiger partial charge in [-0.15, -0.1) is 0 Å². The third-order valence-corrected chi connectivity index (χ3v) is 1.59. The molecule has 0 radical (unpaired) electrons. The molecule has 0 aliphatic carbocycles. The van der Waals surface area contributed by atoms with E-state index in [4.69, 9.17) is 0 Å². The van der Waals surface area contributed by atoms with Crippen LogP contribution in [0.15, 0.2) is 12.8 Å². The van der Waals surface area contributed by atoms with E-state index in [2.05, 4.69) is 18.6 Å². The molecule has 1 aromatic rings. The van der Waals surface area contributed by atoms with Crippen molar-refractivity contribution in [1.29, 1.82) is 0 Å². The molecule has 0 saturated carbocycles. The second-order valence-electron chi connectivity index (χ2n) is 2.26. The van der Waals surface area contributed by atoms with Gasteiger partial charge in [0.15, 0.2) is 0 Å². The van der Waals surface area contributed by atoms with Crippen LogP contribution < -0.4 is 0 Å². The summed E-state index contributed by atoms with van der Waals surface area (Å²) >= 11 is 0. The minimum absolute atomic E-state index is 1.04. The molecule has 0 aromatic carbocycles. The van der Waals surface area contributed by atoms with Crippen LogP contribution in [0.2, 0.25) is 0 Å². The van der Waals surface area contributed by atoms with Crippen molar-refractivity contribution in [2.45, 2.75) is 20.3 Å². The Hall–Kier alpha value is -1.05. The molecule has 0 aliphatic heterocycles. The summed E-state index contributed by atoms with van der Waals surface area (Å²) in [6.45, 7) is 7.76. The van der Waals surface area contributed by atoms with Crippen LogP contribution in [-0.4, -0.2) is 9.78 Å². The van der Waals surface area contributed by atoms with Gasteiger partial charge in [0.2, 0.25) is 0 Å². The quantitative estimate of drug-likeness (QED) is 0.606. The van der Waals surface area contributed by atoms with E-state index in [0.717, 1.165) is 12.1 Å². The molecule has 0 saturated heterocycles. The first-order valence-corrected chi connectivity index (χ1v) is 3.45. The Morgan fingerprint density at radius 2 is 2.50 bits per heavy atom. The van der Waals surface area contributed by atoms with E-state index in [-0.39, 0.29) is 0 Å². The third kappa shape index (κ3) is 1.10. The number of aromatic nitrogens is 2. The molecule has 2 heteroatoms. The number of nitrogens with zero attached hydrogens (tertiary/aromatic N) is 2. The Labute approximate surface area is 61.2 Å². The van der Waals surface area contributed by atoms with Crippen molar-refractivity contribution in [3.63, 3.8) is 0 Å². The molecule has 0 N–H and O–H groups in total. The molecule has 1 aromatic heterocycles. The molecule has 0 aliphatic rings. The fourth-order valence-electron chi connectivity index (χ4n) is 0.960. The Morgan fingerprint density at radius 3 is 2.80 bits per heavy atom. The zero-order chi connectivity index (χ0) is 7.56. The van der Waals surface area contributed by atoms with Crippen LogP contribution in [0.5, 0.6) is 0 Å². The molecule has 0 unspecified atom stereocenters. The highest BCUT2D eigenvalue weighted by Gasteiger charge is 1.98. The summed E-state index contributed by atoms with van der Waals surface area (Å²) in [5.41, 5.74) is 2.39. The summed E-state index contributed by atoms with van der Waals surface area (Å²) in [7, 11) is 0. The van der Waals surface area contributed by atoms with Gasteiger partial charge >= 0.3 is 0 Å². The Kier molecular flexibility index (Phi) is 1.90. The van der Waals surface area contributed by atoms with Crippen molar-refractivity contribution < 1.29 is 0 Å². The average molecular weight is 136 g/mol. The van der Waals surface area contributed by atoms with Gasteiger partial charge in [-0.05, 0) is 18.9 Å². The van der Waals surface area contributed by atoms with E-state index >= 15 is 0 Å². The van der Waals surface area contributed by atoms with Crippen molar-refractivity contribution in [2.75, 3.05) is 0 Å². The summed E-state index contributed by atoms with van der Waals surface area (Å²) in [5.74, 6) is 0. The summed E-state index contributed by atoms with van der Waals surface area (Å²) < 4.78 is 1.74. The largest absolute Gasteiger partial charge is 0.248 e. The zero-order valence-corrected chi connectivity index (χ0v) is 6.46. The highest BCUT2D eigenvalue weighted by atomic mass is 15.3. The molecule has 1 rings (SSSR count). The Balaban J connectivity index is 3.03. The molecule has 0 fully saturated rings. The van der Waals surface area contributed by atoms with Crippen LogP contribution in [-0.2, 0) is 6.42 Å². The van der Waals surface area contributed by atoms with Gasteiger partial charge < -0.3 is 0 Å². The predicted molar refractivity (Wildman–Crippen MR) is 42.7 cm³/mol. The molecular formula is C8H12N2. The maximum Gasteiger partial charge on any atom is 0.0629 e. The first-order chi connectivity index (χ1) is 4.77. The lowest BCUT2D eigenvalue weighted by Crippen LogP contribution is -1.83. The lowest BCUT2D eigenvalue weighted by molar-refractivity contribution is 0.913. The van der Waals surface area contributed by atoms with Gasteiger partial charge in [-0.25, -0.2) is 4.68 Å². The van der Waals surface area contributed by atoms with E-state index in [1.54, 1.807) is 10.9 Å². The lowest BCUT2D eigenvalue weighted by Gasteiger charge is -1.85. The molecule has 1 heterocycles. The molecule has 54 valence electrons. The summed E-state index contributed by atoms with van der Waals surface area (Å²) in [6.07, 6.45) is 4.74. The number of aryl methyl sites for hydroxylation is 2. The Morgan fingerprint density at radius 1 is 1.80 bits per heavy atom. The minimum atomic E-state index is 1.04. The molecular weight excluding hydrogens is 124 g/mol. The SMILES string of the molecule is C=Cn1cc(CC)c(C)n1. The first-order valence-electron chi connectivity index (χ1n) is 3.45. The zero-order valence-electron chi connectivity index (χ0n) is 6.46. The van der Waals surface area contributed by atoms with E-state index in [9.17, 15) is 0 Å². The maximum absolute atomic E-state index is 4.20. The molecule has 0 bridgehead atoms. The van der Waals surface area contributed by atoms with E-state index < -0.39 is 0 Å². The smallest absolute Gasteiger partial charge is 0.0629 e. The topological polar surface area (TPSA) is 17.8 Å². The summed E-state index contributed by atoms with van der Waals surface area (Å²) in [4.78, 5) is 0. The number of hydrogen-bond acceptors (Lipinski definition) is 1. The van der Waals surface area contributed by atoms with Gasteiger partial charge in [0.1, 0.15) is 0 Å². The molecule has 0 amide bonds. The maximum atomic E-state index is 4.20. The van der Waals surface area contributed by atoms with Crippen LogP contribution in [0.25, 0.3) is 6.20 Å². The van der Waals surface area contributed by atoms with Gasteiger partial charge in [-0.3, -0.25) is 0 Å². The predicted octanol–water partition coefficient (Wildman–Crippen LogP) is 1.85. The standard InChI is InChI=1S/C8H12N2/c1-4-8-6-10(5-2)9-7(8)3/h5-6H,2,4H2,1,3H3. The number of rotatable bonds is 2. The van der Waals surface area contributed by atoms with Gasteiger partial charge in [0.05, 0.1) is 5.69 Å². The third-order valence-electron chi connectivity index (χ3n) is 1.59. The molecule has 0 spiro atoms. The molecule has 10 heavy (non-hydrogen) atoms. The monoisotopic (exact) mass is 136 g/mol. The lowest BCUT2D eigenvalue weighted by atomic mass is 10.2. The van der Waals surface area contributed by atoms with Crippen molar-refractivity contribution >= 4 is 6.20 Å². The van der Waals surface area contributed by atoms with Crippen molar-refractivity contribution in [3.05, 3.63) is 24.0 Å². The van der Waals surface area contributed by atoms with E-state index in [0.29, 0.717) is 0 Å². The molecule has 2 nitrogen and oxygen atoms in total. The van der Waals surface area contributed by atoms with Crippen molar-refractivity contribution in [3.8, 4) is 0 Å². The minimum Gasteiger partial charge on any atom is -0.248 e. The highest BCUT2D eigenvalue weighted by molar-refractivity contribution is 5.22. The average Bonchev–Trinajstić information content (AvgIpc) is 2.30. The van der Waals surface area contributed by atoms with Gasteiger partial charge in [0, 0.05) is 12.4 Å². The highest BCUT2D eigenvalue weighted by Crippen LogP contribution is 2.05. The molecule has 0 atom stereocenters. The second-order valence-corrected chi connectivity index (χ2v) is 2.26. The van der Waals surface area contributed by atoms with E-state index in [1.165, 1.54) is 5.56 Å². The first kappa shape index (κ1) is 7.06. The van der Waals surface area contributed by atoms with Crippen molar-refractivity contribution in [1.82, 2.24) is 9.78 Å². The van der Waals surface area contributed by atoms with Gasteiger partial charge in [-0.2, -0.15) is 5.10 Å². The summed E-state index contributed by atoms with van der Waals surface area (Å²) in [5, 5.41) is 4.20. The van der Waals surface area contributed by atoms with Gasteiger partial charge in [-0.1, -0.05) is 13.5 Å². The normalized spacial score (nSPS) is 9.80. The summed E-state index contributed by atoms with van der Waals surface area (Å²) in [6, 6.07) is 0. The van der Waals surface area contributed by atoms with Crippen molar-refractivity contribution in [2.24, 2.45) is 0 Å². The fourth-order valence-corrected chi connectivity index (χ4v) is 0.960. The number of hydrogen-bond donors (Lipinski definition) is 0. The van der Waals surface area contributed by atoms with Crippen LogP contribution in [0, 0.1) is 6.92 Å². The second kappa shape index (κ2) is 2.69. The van der Waals surface area contributed by atoms with Crippen LogP contribution >= 0.6 is 0 Å².